The monoisotopic (exact) mass is 199 g/mol. The number of aromatic amines is 1. The molecule has 0 unspecified atom stereocenters. The number of nitrogens with one attached hydrogen (secondary N) is 1. The van der Waals surface area contributed by atoms with Gasteiger partial charge in [0.2, 0.25) is 5.28 Å². The van der Waals surface area contributed by atoms with Crippen molar-refractivity contribution in [1.82, 2.24) is 15.0 Å². The highest BCUT2D eigenvalue weighted by Gasteiger charge is 2.07. The number of halogens is 2. The smallest absolute Gasteiger partial charge is 0.225 e. The van der Waals surface area contributed by atoms with Crippen LogP contribution in [0.4, 0.5) is 0 Å². The van der Waals surface area contributed by atoms with Gasteiger partial charge in [-0.2, -0.15) is 4.98 Å². The SMILES string of the molecule is Bc1c[nH]c2nc(Cl)nc(Cl)c12. The highest BCUT2D eigenvalue weighted by molar-refractivity contribution is 6.44. The largest absolute Gasteiger partial charge is 0.347 e. The molecule has 2 heterocycles. The minimum atomic E-state index is 0.161. The van der Waals surface area contributed by atoms with Crippen LogP contribution in [0.15, 0.2) is 6.20 Å². The topological polar surface area (TPSA) is 41.6 Å². The minimum Gasteiger partial charge on any atom is -0.347 e. The summed E-state index contributed by atoms with van der Waals surface area (Å²) in [4.78, 5) is 10.8. The van der Waals surface area contributed by atoms with Gasteiger partial charge >= 0.3 is 0 Å². The summed E-state index contributed by atoms with van der Waals surface area (Å²) in [5.41, 5.74) is 1.70. The molecule has 0 radical (unpaired) electrons. The molecular formula is C6H4BCl2N3. The van der Waals surface area contributed by atoms with Crippen molar-refractivity contribution in [3.8, 4) is 0 Å². The zero-order valence-electron chi connectivity index (χ0n) is 6.23. The van der Waals surface area contributed by atoms with E-state index in [9.17, 15) is 0 Å². The molecule has 0 saturated carbocycles. The number of nitrogens with zero attached hydrogens (tertiary/aromatic N) is 2. The minimum absolute atomic E-state index is 0.161. The van der Waals surface area contributed by atoms with E-state index in [0.717, 1.165) is 10.8 Å². The lowest BCUT2D eigenvalue weighted by atomic mass is 9.98. The van der Waals surface area contributed by atoms with Crippen molar-refractivity contribution >= 4 is 47.5 Å². The van der Waals surface area contributed by atoms with Crippen LogP contribution in [0.25, 0.3) is 11.0 Å². The van der Waals surface area contributed by atoms with Crippen molar-refractivity contribution < 1.29 is 0 Å². The van der Waals surface area contributed by atoms with Crippen LogP contribution in [0.5, 0.6) is 0 Å². The first kappa shape index (κ1) is 7.89. The van der Waals surface area contributed by atoms with E-state index < -0.39 is 0 Å². The van der Waals surface area contributed by atoms with E-state index in [1.54, 1.807) is 0 Å². The van der Waals surface area contributed by atoms with Gasteiger partial charge in [0.1, 0.15) is 18.6 Å². The summed E-state index contributed by atoms with van der Waals surface area (Å²) >= 11 is 11.5. The summed E-state index contributed by atoms with van der Waals surface area (Å²) in [5, 5.41) is 1.39. The van der Waals surface area contributed by atoms with Gasteiger partial charge in [0.05, 0.1) is 0 Å². The van der Waals surface area contributed by atoms with Crippen LogP contribution in [0, 0.1) is 0 Å². The second-order valence-electron chi connectivity index (χ2n) is 2.48. The van der Waals surface area contributed by atoms with E-state index in [0.29, 0.717) is 10.8 Å². The van der Waals surface area contributed by atoms with Gasteiger partial charge in [-0.1, -0.05) is 17.1 Å². The molecular weight excluding hydrogens is 196 g/mol. The molecule has 0 aliphatic carbocycles. The van der Waals surface area contributed by atoms with Crippen LogP contribution >= 0.6 is 23.2 Å². The third-order valence-electron chi connectivity index (χ3n) is 1.66. The molecule has 2 aromatic rings. The van der Waals surface area contributed by atoms with Crippen LogP contribution in [0.1, 0.15) is 0 Å². The van der Waals surface area contributed by atoms with Crippen molar-refractivity contribution in [2.45, 2.75) is 0 Å². The van der Waals surface area contributed by atoms with E-state index in [1.165, 1.54) is 0 Å². The normalized spacial score (nSPS) is 10.8. The fraction of sp³-hybridized carbons (Fsp3) is 0. The third kappa shape index (κ3) is 1.07. The zero-order valence-corrected chi connectivity index (χ0v) is 7.74. The predicted octanol–water partition coefficient (Wildman–Crippen LogP) is 0.523. The van der Waals surface area contributed by atoms with Gasteiger partial charge in [0, 0.05) is 5.39 Å². The maximum absolute atomic E-state index is 5.85. The first-order valence-corrected chi connectivity index (χ1v) is 4.11. The first-order chi connectivity index (χ1) is 5.68. The molecule has 0 fully saturated rings. The van der Waals surface area contributed by atoms with Crippen molar-refractivity contribution in [3.63, 3.8) is 0 Å². The number of H-pyrrole nitrogens is 1. The van der Waals surface area contributed by atoms with Crippen molar-refractivity contribution in [2.75, 3.05) is 0 Å². The summed E-state index contributed by atoms with van der Waals surface area (Å²) < 4.78 is 0. The maximum atomic E-state index is 5.85. The van der Waals surface area contributed by atoms with Crippen molar-refractivity contribution in [3.05, 3.63) is 16.6 Å². The third-order valence-corrected chi connectivity index (χ3v) is 2.10. The standard InChI is InChI=1S/C6H4BCl2N3/c7-2-1-10-5-3(2)4(8)11-6(9)12-5/h1H,7H2,(H,10,11,12). The first-order valence-electron chi connectivity index (χ1n) is 3.35. The second kappa shape index (κ2) is 2.64. The molecule has 0 aliphatic heterocycles. The molecule has 0 spiro atoms. The fourth-order valence-corrected chi connectivity index (χ4v) is 1.64. The Balaban J connectivity index is 2.93. The van der Waals surface area contributed by atoms with Crippen LogP contribution in [-0.4, -0.2) is 22.8 Å². The molecule has 60 valence electrons. The molecule has 2 aromatic heterocycles. The number of hydrogen-bond donors (Lipinski definition) is 1. The average molecular weight is 200 g/mol. The van der Waals surface area contributed by atoms with Crippen molar-refractivity contribution in [1.29, 1.82) is 0 Å². The highest BCUT2D eigenvalue weighted by atomic mass is 35.5. The summed E-state index contributed by atoms with van der Waals surface area (Å²) in [5.74, 6) is 0. The van der Waals surface area contributed by atoms with E-state index in [1.807, 2.05) is 14.0 Å². The molecule has 0 saturated heterocycles. The Kier molecular flexibility index (Phi) is 1.74. The molecule has 3 nitrogen and oxygen atoms in total. The molecule has 0 aliphatic rings. The predicted molar refractivity (Wildman–Crippen MR) is 52.1 cm³/mol. The summed E-state index contributed by atoms with van der Waals surface area (Å²) in [7, 11) is 1.93. The van der Waals surface area contributed by atoms with Gasteiger partial charge in [-0.05, 0) is 17.8 Å². The van der Waals surface area contributed by atoms with Crippen LogP contribution < -0.4 is 5.46 Å². The lowest BCUT2D eigenvalue weighted by Crippen LogP contribution is -1.99. The Hall–Kier alpha value is -0.735. The molecule has 1 N–H and O–H groups in total. The Morgan fingerprint density at radius 1 is 1.33 bits per heavy atom. The molecule has 0 aromatic carbocycles. The van der Waals surface area contributed by atoms with E-state index in [-0.39, 0.29) is 5.28 Å². The number of hydrogen-bond acceptors (Lipinski definition) is 2. The molecule has 6 heteroatoms. The Labute approximate surface area is 79.5 Å². The summed E-state index contributed by atoms with van der Waals surface area (Å²) in [6.45, 7) is 0. The van der Waals surface area contributed by atoms with Gasteiger partial charge in [0.15, 0.2) is 0 Å². The lowest BCUT2D eigenvalue weighted by Gasteiger charge is -1.94. The van der Waals surface area contributed by atoms with Crippen LogP contribution in [0.2, 0.25) is 10.4 Å². The van der Waals surface area contributed by atoms with Gasteiger partial charge in [-0.15, -0.1) is 0 Å². The molecule has 0 atom stereocenters. The summed E-state index contributed by atoms with van der Waals surface area (Å²) in [6.07, 6.45) is 1.82. The van der Waals surface area contributed by atoms with Gasteiger partial charge in [-0.25, -0.2) is 4.98 Å². The molecule has 12 heavy (non-hydrogen) atoms. The maximum Gasteiger partial charge on any atom is 0.225 e. The number of rotatable bonds is 0. The van der Waals surface area contributed by atoms with E-state index in [2.05, 4.69) is 15.0 Å². The van der Waals surface area contributed by atoms with Crippen LogP contribution in [0.3, 0.4) is 0 Å². The Morgan fingerprint density at radius 2 is 2.08 bits per heavy atom. The lowest BCUT2D eigenvalue weighted by molar-refractivity contribution is 1.20. The number of fused-ring (bicyclic) bond motifs is 1. The van der Waals surface area contributed by atoms with E-state index >= 15 is 0 Å². The molecule has 2 rings (SSSR count). The van der Waals surface area contributed by atoms with Crippen LogP contribution in [-0.2, 0) is 0 Å². The fourth-order valence-electron chi connectivity index (χ4n) is 1.11. The van der Waals surface area contributed by atoms with Gasteiger partial charge in [0.25, 0.3) is 0 Å². The quantitative estimate of drug-likeness (QED) is 0.382. The Morgan fingerprint density at radius 3 is 2.83 bits per heavy atom. The molecule has 0 amide bonds. The summed E-state index contributed by atoms with van der Waals surface area (Å²) in [6, 6.07) is 0. The zero-order chi connectivity index (χ0) is 8.72. The van der Waals surface area contributed by atoms with Crippen molar-refractivity contribution in [2.24, 2.45) is 0 Å². The van der Waals surface area contributed by atoms with E-state index in [4.69, 9.17) is 23.2 Å². The average Bonchev–Trinajstić information content (AvgIpc) is 2.31. The van der Waals surface area contributed by atoms with Gasteiger partial charge < -0.3 is 4.98 Å². The second-order valence-corrected chi connectivity index (χ2v) is 3.17. The Bertz CT molecular complexity index is 440. The molecule has 0 bridgehead atoms. The van der Waals surface area contributed by atoms with Gasteiger partial charge in [-0.3, -0.25) is 0 Å². The highest BCUT2D eigenvalue weighted by Crippen LogP contribution is 2.18. The number of aromatic nitrogens is 3.